The van der Waals surface area contributed by atoms with Crippen LogP contribution in [-0.4, -0.2) is 149 Å². The Hall–Kier alpha value is -7.67. The van der Waals surface area contributed by atoms with Crippen LogP contribution in [0, 0.1) is 12.4 Å². The van der Waals surface area contributed by atoms with Crippen molar-refractivity contribution in [3.63, 3.8) is 0 Å². The number of rotatable bonds is 17. The molecule has 0 saturated carbocycles. The van der Waals surface area contributed by atoms with Gasteiger partial charge in [-0.25, -0.2) is 19.2 Å². The van der Waals surface area contributed by atoms with E-state index >= 15 is 4.79 Å². The molecule has 3 atom stereocenters. The second-order valence-electron chi connectivity index (χ2n) is 23.4. The number of benzene rings is 4. The molecule has 6 aromatic rings. The molecule has 4 aliphatic heterocycles. The maximum absolute atomic E-state index is 15.5. The number of hydrogen-bond acceptors (Lipinski definition) is 13. The molecule has 19 nitrogen and oxygen atoms in total. The summed E-state index contributed by atoms with van der Waals surface area (Å²) >= 11 is 13.0. The highest BCUT2D eigenvalue weighted by Gasteiger charge is 2.60. The Morgan fingerprint density at radius 1 is 0.884 bits per heavy atom. The number of amidine groups is 1. The van der Waals surface area contributed by atoms with Gasteiger partial charge in [0.25, 0.3) is 11.7 Å². The number of carbonyl (C=O) groups is 3. The van der Waals surface area contributed by atoms with Gasteiger partial charge in [-0.15, -0.1) is 5.10 Å². The maximum atomic E-state index is 15.5. The standard InChI is InChI=1S/C64H74Cl2FN13O6/c1-9-86-53-37-43(62(2,3)4)16-22-48(53)57-73-63(5,41-12-17-44(65)18-13-41)64(6,42-14-19-45(66)20-15-42)80(57)61(83)77-30-28-76(29-31-77)32-34-85-36-35-84-33-24-54(81)70-25-27-79-58(69-7)55-50-39-71-56(68)59(72-50)78-26-10-11-52(78)49-38-46(67)21-23-47(49)60(82)75(8)40-51(55)74-79/h12-23,37-39,52H,9-11,24-36,40H2,1-6,8H3,(H2,68,71)(H,70,81)/t52-,63+,64-/m1/s1. The molecule has 2 aromatic heterocycles. The fourth-order valence-electron chi connectivity index (χ4n) is 12.1. The molecular formula is C64H74Cl2FN13O6. The summed E-state index contributed by atoms with van der Waals surface area (Å²) in [6.07, 6.45) is 3.02. The van der Waals surface area contributed by atoms with Gasteiger partial charge in [-0.05, 0) is 116 Å². The van der Waals surface area contributed by atoms with E-state index in [9.17, 15) is 14.0 Å². The van der Waals surface area contributed by atoms with E-state index in [-0.39, 0.29) is 73.6 Å². The predicted molar refractivity (Wildman–Crippen MR) is 330 cm³/mol. The minimum absolute atomic E-state index is 0.0183. The fourth-order valence-corrected chi connectivity index (χ4v) is 12.4. The van der Waals surface area contributed by atoms with Crippen molar-refractivity contribution in [2.45, 2.75) is 96.4 Å². The Morgan fingerprint density at radius 2 is 1.57 bits per heavy atom. The summed E-state index contributed by atoms with van der Waals surface area (Å²) in [7, 11) is 1.64. The van der Waals surface area contributed by atoms with E-state index in [1.807, 2.05) is 76.2 Å². The minimum atomic E-state index is -1.05. The lowest BCUT2D eigenvalue weighted by Crippen LogP contribution is -2.60. The molecule has 10 rings (SSSR count). The highest BCUT2D eigenvalue weighted by Crippen LogP contribution is 2.54. The van der Waals surface area contributed by atoms with Gasteiger partial charge in [-0.3, -0.25) is 24.4 Å². The molecule has 3 N–H and O–H groups in total. The average Bonchev–Trinajstić information content (AvgIpc) is 1.58. The molecule has 2 bridgehead atoms. The maximum Gasteiger partial charge on any atom is 0.326 e. The summed E-state index contributed by atoms with van der Waals surface area (Å²) < 4.78 is 34.4. The molecular weight excluding hydrogens is 1140 g/mol. The van der Waals surface area contributed by atoms with Crippen LogP contribution in [0.15, 0.2) is 96.1 Å². The number of nitrogens with two attached hydrogens (primary N) is 1. The largest absolute Gasteiger partial charge is 0.493 e. The second-order valence-corrected chi connectivity index (χ2v) is 24.3. The predicted octanol–water partition coefficient (Wildman–Crippen LogP) is 10.4. The second kappa shape index (κ2) is 25.7. The summed E-state index contributed by atoms with van der Waals surface area (Å²) in [5.41, 5.74) is 9.90. The number of piperazine rings is 1. The molecule has 22 heteroatoms. The number of nitrogens with one attached hydrogen (secondary N) is 1. The van der Waals surface area contributed by atoms with Gasteiger partial charge in [-0.2, -0.15) is 4.68 Å². The number of carbonyl (C=O) groups excluding carboxylic acids is 3. The number of fused-ring (bicyclic) bond motifs is 8. The van der Waals surface area contributed by atoms with Crippen molar-refractivity contribution in [2.24, 2.45) is 4.99 Å². The molecule has 6 heterocycles. The Bertz CT molecular complexity index is 3560. The number of nitrogen functional groups attached to an aromatic ring is 1. The molecule has 86 heavy (non-hydrogen) atoms. The summed E-state index contributed by atoms with van der Waals surface area (Å²) in [5.74, 6) is 0.889. The zero-order valence-corrected chi connectivity index (χ0v) is 51.4. The lowest BCUT2D eigenvalue weighted by molar-refractivity contribution is -0.122. The van der Waals surface area contributed by atoms with Crippen LogP contribution in [0.3, 0.4) is 0 Å². The first-order chi connectivity index (χ1) is 41.2. The zero-order chi connectivity index (χ0) is 61.1. The third kappa shape index (κ3) is 12.3. The molecule has 0 spiro atoms. The summed E-state index contributed by atoms with van der Waals surface area (Å²) in [6.45, 7) is 26.3. The lowest BCUT2D eigenvalue weighted by atomic mass is 9.71. The normalized spacial score (nSPS) is 19.7. The number of anilines is 2. The van der Waals surface area contributed by atoms with Gasteiger partial charge >= 0.3 is 6.03 Å². The molecule has 2 fully saturated rings. The first-order valence-corrected chi connectivity index (χ1v) is 30.0. The van der Waals surface area contributed by atoms with E-state index in [1.54, 1.807) is 7.05 Å². The number of hydrogen-bond donors (Lipinski definition) is 2. The number of urea groups is 1. The molecule has 0 radical (unpaired) electrons. The number of halogens is 3. The highest BCUT2D eigenvalue weighted by molar-refractivity contribution is 6.30. The van der Waals surface area contributed by atoms with Gasteiger partial charge in [-0.1, -0.05) is 80.9 Å². The third-order valence-corrected chi connectivity index (χ3v) is 17.5. The zero-order valence-electron chi connectivity index (χ0n) is 49.8. The number of ether oxygens (including phenoxy) is 3. The van der Waals surface area contributed by atoms with Crippen molar-refractivity contribution in [1.82, 2.24) is 44.7 Å². The quantitative estimate of drug-likeness (QED) is 0.0649. The van der Waals surface area contributed by atoms with E-state index in [0.717, 1.165) is 28.7 Å². The molecule has 4 aromatic carbocycles. The van der Waals surface area contributed by atoms with Crippen LogP contribution in [0.4, 0.5) is 26.6 Å². The number of amides is 4. The van der Waals surface area contributed by atoms with Crippen LogP contribution >= 0.6 is 23.2 Å². The van der Waals surface area contributed by atoms with Gasteiger partial charge in [0.15, 0.2) is 11.6 Å². The van der Waals surface area contributed by atoms with Crippen LogP contribution in [-0.2, 0) is 43.9 Å². The lowest BCUT2D eigenvalue weighted by Gasteiger charge is -2.47. The summed E-state index contributed by atoms with van der Waals surface area (Å²) in [5, 5.41) is 8.86. The molecule has 4 amide bonds. The van der Waals surface area contributed by atoms with Crippen molar-refractivity contribution in [3.8, 4) is 17.0 Å². The summed E-state index contributed by atoms with van der Waals surface area (Å²) in [4.78, 5) is 71.0. The Labute approximate surface area is 512 Å². The Morgan fingerprint density at radius 3 is 2.26 bits per heavy atom. The fraction of sp³-hybridized carbons (Fsp3) is 0.438. The Kier molecular flexibility index (Phi) is 18.4. The van der Waals surface area contributed by atoms with Gasteiger partial charge in [0, 0.05) is 68.3 Å². The van der Waals surface area contributed by atoms with Crippen molar-refractivity contribution in [2.75, 3.05) is 96.5 Å². The monoisotopic (exact) mass is 1210 g/mol. The number of nitrogens with zero attached hydrogens (tertiary/aromatic N) is 11. The minimum Gasteiger partial charge on any atom is -0.493 e. The van der Waals surface area contributed by atoms with E-state index in [4.69, 9.17) is 64.8 Å². The van der Waals surface area contributed by atoms with Crippen LogP contribution in [0.25, 0.3) is 16.1 Å². The van der Waals surface area contributed by atoms with Crippen molar-refractivity contribution < 1.29 is 33.0 Å². The van der Waals surface area contributed by atoms with Crippen molar-refractivity contribution in [1.29, 1.82) is 0 Å². The average molecular weight is 1210 g/mol. The molecule has 2 saturated heterocycles. The van der Waals surface area contributed by atoms with E-state index in [2.05, 4.69) is 66.8 Å². The first kappa shape index (κ1) is 61.4. The van der Waals surface area contributed by atoms with Gasteiger partial charge in [0.05, 0.1) is 75.2 Å². The van der Waals surface area contributed by atoms with E-state index in [0.29, 0.717) is 128 Å². The smallest absolute Gasteiger partial charge is 0.326 e. The number of aliphatic imine (C=N–C) groups is 1. The highest BCUT2D eigenvalue weighted by atomic mass is 35.5. The van der Waals surface area contributed by atoms with Crippen molar-refractivity contribution in [3.05, 3.63) is 157 Å². The topological polar surface area (TPSA) is 193 Å². The Balaban J connectivity index is 0.721. The van der Waals surface area contributed by atoms with Crippen LogP contribution in [0.5, 0.6) is 5.75 Å². The van der Waals surface area contributed by atoms with Gasteiger partial charge in [0.2, 0.25) is 5.91 Å². The van der Waals surface area contributed by atoms with E-state index < -0.39 is 16.9 Å². The number of aromatic nitrogens is 4. The SMILES string of the molecule is [C-]#[N+]c1c2c(nn1CCNC(=O)CCOCCOCCN1CCN(C(=O)N3C(c4ccc(C(C)(C)C)cc4OCC)=N[C@@](C)(c4ccc(Cl)cc4)[C@@]3(C)c3ccc(Cl)cc3)CC1)CN(C)C(=O)c1ccc(F)cc1[C@H]1CCCN1c1nc-2cnc1N. The molecule has 0 unspecified atom stereocenters. The molecule has 452 valence electrons. The van der Waals surface area contributed by atoms with Crippen LogP contribution in [0.2, 0.25) is 10.0 Å². The van der Waals surface area contributed by atoms with Crippen molar-refractivity contribution >= 4 is 64.3 Å². The van der Waals surface area contributed by atoms with Crippen LogP contribution < -0.4 is 20.7 Å². The van der Waals surface area contributed by atoms with Gasteiger partial charge in [0.1, 0.15) is 40.7 Å². The third-order valence-electron chi connectivity index (χ3n) is 17.0. The summed E-state index contributed by atoms with van der Waals surface area (Å²) in [6, 6.07) is 25.2. The molecule has 0 aliphatic carbocycles. The first-order valence-electron chi connectivity index (χ1n) is 29.3. The van der Waals surface area contributed by atoms with Gasteiger partial charge < -0.3 is 44.8 Å². The van der Waals surface area contributed by atoms with Crippen LogP contribution in [0.1, 0.15) is 111 Å². The van der Waals surface area contributed by atoms with E-state index in [1.165, 1.54) is 34.0 Å². The molecule has 4 aliphatic rings.